The molecule has 0 aliphatic heterocycles. The van der Waals surface area contributed by atoms with E-state index < -0.39 is 0 Å². The van der Waals surface area contributed by atoms with Gasteiger partial charge in [-0.05, 0) is 30.1 Å². The van der Waals surface area contributed by atoms with Gasteiger partial charge in [0.25, 0.3) is 0 Å². The Hall–Kier alpha value is 0. The lowest BCUT2D eigenvalue weighted by atomic mass is 9.73. The van der Waals surface area contributed by atoms with Crippen molar-refractivity contribution in [2.75, 3.05) is 0 Å². The first-order valence-electron chi connectivity index (χ1n) is 7.45. The van der Waals surface area contributed by atoms with Crippen LogP contribution in [0.3, 0.4) is 0 Å². The predicted octanol–water partition coefficient (Wildman–Crippen LogP) is 6.06. The van der Waals surface area contributed by atoms with Gasteiger partial charge in [-0.25, -0.2) is 0 Å². The van der Waals surface area contributed by atoms with Gasteiger partial charge in [-0.3, -0.25) is 0 Å². The molecule has 0 aromatic heterocycles. The normalized spacial score (nSPS) is 17.4. The Balaban J connectivity index is 3.99. The van der Waals surface area contributed by atoms with Crippen LogP contribution in [0, 0.1) is 17.3 Å². The highest BCUT2D eigenvalue weighted by Gasteiger charge is 2.25. The molecular formula is C16H34. The molecule has 0 rings (SSSR count). The number of rotatable bonds is 9. The van der Waals surface area contributed by atoms with Gasteiger partial charge in [0.2, 0.25) is 0 Å². The lowest BCUT2D eigenvalue weighted by Gasteiger charge is -2.33. The molecule has 0 aromatic rings. The van der Waals surface area contributed by atoms with Crippen LogP contribution in [0.4, 0.5) is 0 Å². The molecular weight excluding hydrogens is 192 g/mol. The highest BCUT2D eigenvalue weighted by atomic mass is 14.3. The van der Waals surface area contributed by atoms with Gasteiger partial charge in [0.1, 0.15) is 0 Å². The van der Waals surface area contributed by atoms with E-state index in [4.69, 9.17) is 0 Å². The molecule has 0 heterocycles. The minimum atomic E-state index is 0.595. The topological polar surface area (TPSA) is 0 Å². The van der Waals surface area contributed by atoms with Crippen LogP contribution in [0.25, 0.3) is 0 Å². The quantitative estimate of drug-likeness (QED) is 0.419. The van der Waals surface area contributed by atoms with Gasteiger partial charge in [0, 0.05) is 0 Å². The lowest BCUT2D eigenvalue weighted by molar-refractivity contribution is 0.187. The monoisotopic (exact) mass is 226 g/mol. The second kappa shape index (κ2) is 8.14. The molecule has 2 atom stereocenters. The molecule has 0 aliphatic rings. The first-order valence-corrected chi connectivity index (χ1v) is 7.45. The fourth-order valence-electron chi connectivity index (χ4n) is 2.41. The van der Waals surface area contributed by atoms with E-state index in [1.807, 2.05) is 0 Å². The molecule has 0 N–H and O–H groups in total. The summed E-state index contributed by atoms with van der Waals surface area (Å²) >= 11 is 0. The number of hydrogen-bond donors (Lipinski definition) is 0. The van der Waals surface area contributed by atoms with E-state index in [0.717, 1.165) is 11.8 Å². The van der Waals surface area contributed by atoms with Gasteiger partial charge in [-0.2, -0.15) is 0 Å². The van der Waals surface area contributed by atoms with Crippen LogP contribution >= 0.6 is 0 Å². The van der Waals surface area contributed by atoms with Crippen LogP contribution in [-0.2, 0) is 0 Å². The minimum Gasteiger partial charge on any atom is -0.0654 e. The Bertz CT molecular complexity index is 159. The molecule has 0 amide bonds. The van der Waals surface area contributed by atoms with Gasteiger partial charge in [-0.1, -0.05) is 73.6 Å². The fraction of sp³-hybridized carbons (Fsp3) is 1.00. The van der Waals surface area contributed by atoms with Crippen molar-refractivity contribution in [1.82, 2.24) is 0 Å². The molecule has 0 fully saturated rings. The third kappa shape index (κ3) is 6.55. The van der Waals surface area contributed by atoms with E-state index >= 15 is 0 Å². The predicted molar refractivity (Wildman–Crippen MR) is 75.8 cm³/mol. The van der Waals surface area contributed by atoms with E-state index in [1.165, 1.54) is 44.9 Å². The molecule has 0 saturated heterocycles. The van der Waals surface area contributed by atoms with Crippen molar-refractivity contribution in [3.63, 3.8) is 0 Å². The summed E-state index contributed by atoms with van der Waals surface area (Å²) in [7, 11) is 0. The molecule has 0 radical (unpaired) electrons. The zero-order valence-electron chi connectivity index (χ0n) is 12.6. The van der Waals surface area contributed by atoms with Gasteiger partial charge in [-0.15, -0.1) is 0 Å². The average Bonchev–Trinajstić information content (AvgIpc) is 2.24. The highest BCUT2D eigenvalue weighted by molar-refractivity contribution is 4.76. The van der Waals surface area contributed by atoms with E-state index in [2.05, 4.69) is 41.5 Å². The molecule has 0 aliphatic carbocycles. The van der Waals surface area contributed by atoms with E-state index in [0.29, 0.717) is 5.41 Å². The minimum absolute atomic E-state index is 0.595. The van der Waals surface area contributed by atoms with Crippen molar-refractivity contribution in [2.45, 2.75) is 86.5 Å². The van der Waals surface area contributed by atoms with Gasteiger partial charge >= 0.3 is 0 Å². The van der Waals surface area contributed by atoms with Crippen LogP contribution in [0.15, 0.2) is 0 Å². The van der Waals surface area contributed by atoms with Crippen molar-refractivity contribution in [2.24, 2.45) is 17.3 Å². The summed E-state index contributed by atoms with van der Waals surface area (Å²) in [6, 6.07) is 0. The zero-order valence-corrected chi connectivity index (χ0v) is 12.6. The molecule has 98 valence electrons. The fourth-order valence-corrected chi connectivity index (χ4v) is 2.41. The van der Waals surface area contributed by atoms with Crippen LogP contribution in [0.5, 0.6) is 0 Å². The highest BCUT2D eigenvalue weighted by Crippen LogP contribution is 2.37. The average molecular weight is 226 g/mol. The second-order valence-corrected chi connectivity index (χ2v) is 6.40. The molecule has 0 bridgehead atoms. The van der Waals surface area contributed by atoms with Gasteiger partial charge in [0.15, 0.2) is 0 Å². The Labute approximate surface area is 104 Å². The van der Waals surface area contributed by atoms with Crippen molar-refractivity contribution in [1.29, 1.82) is 0 Å². The van der Waals surface area contributed by atoms with Crippen molar-refractivity contribution in [3.8, 4) is 0 Å². The summed E-state index contributed by atoms with van der Waals surface area (Å²) in [5.74, 6) is 1.71. The first-order chi connectivity index (χ1) is 7.45. The zero-order chi connectivity index (χ0) is 12.6. The third-order valence-electron chi connectivity index (χ3n) is 4.44. The molecule has 0 spiro atoms. The van der Waals surface area contributed by atoms with E-state index in [1.54, 1.807) is 0 Å². The summed E-state index contributed by atoms with van der Waals surface area (Å²) in [6.07, 6.45) is 9.82. The Morgan fingerprint density at radius 2 is 1.56 bits per heavy atom. The van der Waals surface area contributed by atoms with Crippen LogP contribution < -0.4 is 0 Å². The second-order valence-electron chi connectivity index (χ2n) is 6.40. The van der Waals surface area contributed by atoms with Gasteiger partial charge in [0.05, 0.1) is 0 Å². The lowest BCUT2D eigenvalue weighted by Crippen LogP contribution is -2.21. The molecule has 16 heavy (non-hydrogen) atoms. The third-order valence-corrected chi connectivity index (χ3v) is 4.44. The van der Waals surface area contributed by atoms with Gasteiger partial charge < -0.3 is 0 Å². The maximum Gasteiger partial charge on any atom is -0.0326 e. The number of unbranched alkanes of at least 4 members (excludes halogenated alkanes) is 3. The Kier molecular flexibility index (Phi) is 8.14. The summed E-state index contributed by atoms with van der Waals surface area (Å²) in [5.41, 5.74) is 0.595. The van der Waals surface area contributed by atoms with Crippen LogP contribution in [0.2, 0.25) is 0 Å². The van der Waals surface area contributed by atoms with Crippen molar-refractivity contribution < 1.29 is 0 Å². The van der Waals surface area contributed by atoms with Crippen molar-refractivity contribution in [3.05, 3.63) is 0 Å². The summed E-state index contributed by atoms with van der Waals surface area (Å²) < 4.78 is 0. The van der Waals surface area contributed by atoms with Crippen molar-refractivity contribution >= 4 is 0 Å². The molecule has 0 aromatic carbocycles. The smallest absolute Gasteiger partial charge is 0.0326 e. The maximum atomic E-state index is 2.50. The Morgan fingerprint density at radius 3 is 2.00 bits per heavy atom. The molecule has 0 nitrogen and oxygen atoms in total. The summed E-state index contributed by atoms with van der Waals surface area (Å²) in [6.45, 7) is 14.3. The molecule has 2 unspecified atom stereocenters. The standard InChI is InChI=1S/C16H34/c1-7-9-10-11-12-16(6,8-2)13-15(5)14(3)4/h14-15H,7-13H2,1-6H3. The van der Waals surface area contributed by atoms with E-state index in [-0.39, 0.29) is 0 Å². The molecule has 0 heteroatoms. The van der Waals surface area contributed by atoms with E-state index in [9.17, 15) is 0 Å². The summed E-state index contributed by atoms with van der Waals surface area (Å²) in [4.78, 5) is 0. The Morgan fingerprint density at radius 1 is 0.938 bits per heavy atom. The van der Waals surface area contributed by atoms with Crippen LogP contribution in [0.1, 0.15) is 86.5 Å². The summed E-state index contributed by atoms with van der Waals surface area (Å²) in [5, 5.41) is 0. The largest absolute Gasteiger partial charge is 0.0654 e. The molecule has 0 saturated carbocycles. The van der Waals surface area contributed by atoms with Crippen LogP contribution in [-0.4, -0.2) is 0 Å². The SMILES string of the molecule is CCCCCCC(C)(CC)CC(C)C(C)C. The first kappa shape index (κ1) is 16.0. The number of hydrogen-bond acceptors (Lipinski definition) is 0. The maximum absolute atomic E-state index is 2.50.